The Hall–Kier alpha value is -2.49. The van der Waals surface area contributed by atoms with E-state index in [9.17, 15) is 23.6 Å². The van der Waals surface area contributed by atoms with E-state index in [-0.39, 0.29) is 31.2 Å². The van der Waals surface area contributed by atoms with Gasteiger partial charge in [-0.15, -0.1) is 0 Å². The van der Waals surface area contributed by atoms with Gasteiger partial charge in [0.05, 0.1) is 18.6 Å². The molecule has 0 heterocycles. The number of carbonyl (C=O) groups is 2. The molecule has 22 heavy (non-hydrogen) atoms. The SMILES string of the molecule is COC(=O)CCC(C#N)(CCC(=O)O)c1ccc(F)c(F)c1. The molecule has 0 bridgehead atoms. The molecule has 0 radical (unpaired) electrons. The van der Waals surface area contributed by atoms with Crippen molar-refractivity contribution in [3.63, 3.8) is 0 Å². The number of rotatable bonds is 7. The first kappa shape index (κ1) is 17.6. The zero-order valence-corrected chi connectivity index (χ0v) is 11.9. The quantitative estimate of drug-likeness (QED) is 0.782. The first-order valence-corrected chi connectivity index (χ1v) is 6.50. The summed E-state index contributed by atoms with van der Waals surface area (Å²) < 4.78 is 31.0. The third kappa shape index (κ3) is 4.25. The first-order chi connectivity index (χ1) is 10.3. The van der Waals surface area contributed by atoms with E-state index in [4.69, 9.17) is 5.11 Å². The van der Waals surface area contributed by atoms with Gasteiger partial charge in [-0.1, -0.05) is 6.07 Å². The number of esters is 1. The molecule has 1 rings (SSSR count). The smallest absolute Gasteiger partial charge is 0.305 e. The highest BCUT2D eigenvalue weighted by Crippen LogP contribution is 2.34. The van der Waals surface area contributed by atoms with E-state index < -0.39 is 29.0 Å². The van der Waals surface area contributed by atoms with Crippen molar-refractivity contribution in [2.75, 3.05) is 7.11 Å². The summed E-state index contributed by atoms with van der Waals surface area (Å²) in [6.45, 7) is 0. The van der Waals surface area contributed by atoms with Gasteiger partial charge in [0.25, 0.3) is 0 Å². The van der Waals surface area contributed by atoms with Gasteiger partial charge in [0.2, 0.25) is 0 Å². The fourth-order valence-corrected chi connectivity index (χ4v) is 2.12. The molecule has 0 saturated carbocycles. The Morgan fingerprint density at radius 3 is 2.41 bits per heavy atom. The van der Waals surface area contributed by atoms with Crippen molar-refractivity contribution >= 4 is 11.9 Å². The number of aliphatic carboxylic acids is 1. The topological polar surface area (TPSA) is 87.4 Å². The van der Waals surface area contributed by atoms with Gasteiger partial charge in [0.1, 0.15) is 0 Å². The lowest BCUT2D eigenvalue weighted by molar-refractivity contribution is -0.140. The lowest BCUT2D eigenvalue weighted by Gasteiger charge is -2.26. The van der Waals surface area contributed by atoms with Crippen LogP contribution in [-0.2, 0) is 19.7 Å². The minimum absolute atomic E-state index is 0.0471. The minimum atomic E-state index is -1.40. The van der Waals surface area contributed by atoms with Gasteiger partial charge in [0.15, 0.2) is 11.6 Å². The van der Waals surface area contributed by atoms with Gasteiger partial charge in [-0.25, -0.2) is 8.78 Å². The molecule has 0 amide bonds. The van der Waals surface area contributed by atoms with Gasteiger partial charge in [0, 0.05) is 12.8 Å². The molecule has 0 aromatic heterocycles. The molecule has 1 aromatic carbocycles. The maximum absolute atomic E-state index is 13.4. The van der Waals surface area contributed by atoms with E-state index in [0.717, 1.165) is 12.1 Å². The standard InChI is InChI=1S/C15H15F2NO4/c1-22-14(21)5-7-15(9-18,6-4-13(19)20)10-2-3-11(16)12(17)8-10/h2-3,8H,4-7H2,1H3,(H,19,20). The summed E-state index contributed by atoms with van der Waals surface area (Å²) >= 11 is 0. The normalized spacial score (nSPS) is 13.0. The highest BCUT2D eigenvalue weighted by Gasteiger charge is 2.34. The molecule has 1 atom stereocenters. The van der Waals surface area contributed by atoms with Crippen LogP contribution in [0.3, 0.4) is 0 Å². The molecule has 0 saturated heterocycles. The molecule has 0 aliphatic carbocycles. The minimum Gasteiger partial charge on any atom is -0.481 e. The fourth-order valence-electron chi connectivity index (χ4n) is 2.12. The molecular formula is C15H15F2NO4. The van der Waals surface area contributed by atoms with Crippen molar-refractivity contribution in [1.29, 1.82) is 5.26 Å². The van der Waals surface area contributed by atoms with Gasteiger partial charge in [-0.2, -0.15) is 5.26 Å². The summed E-state index contributed by atoms with van der Waals surface area (Å²) in [5, 5.41) is 18.3. The van der Waals surface area contributed by atoms with E-state index in [1.807, 2.05) is 6.07 Å². The van der Waals surface area contributed by atoms with E-state index in [1.165, 1.54) is 13.2 Å². The van der Waals surface area contributed by atoms with Crippen LogP contribution < -0.4 is 0 Å². The predicted molar refractivity (Wildman–Crippen MR) is 71.8 cm³/mol. The number of ether oxygens (including phenoxy) is 1. The average molecular weight is 311 g/mol. The van der Waals surface area contributed by atoms with E-state index in [1.54, 1.807) is 0 Å². The van der Waals surface area contributed by atoms with Crippen molar-refractivity contribution < 1.29 is 28.2 Å². The Labute approximate surface area is 126 Å². The second-order valence-corrected chi connectivity index (χ2v) is 4.79. The third-order valence-corrected chi connectivity index (χ3v) is 3.44. The zero-order chi connectivity index (χ0) is 16.8. The molecule has 7 heteroatoms. The maximum Gasteiger partial charge on any atom is 0.305 e. The highest BCUT2D eigenvalue weighted by atomic mass is 19.2. The molecule has 0 fully saturated rings. The van der Waals surface area contributed by atoms with E-state index >= 15 is 0 Å². The van der Waals surface area contributed by atoms with Crippen LogP contribution >= 0.6 is 0 Å². The van der Waals surface area contributed by atoms with Gasteiger partial charge in [-0.05, 0) is 30.5 Å². The van der Waals surface area contributed by atoms with Gasteiger partial charge >= 0.3 is 11.9 Å². The largest absolute Gasteiger partial charge is 0.481 e. The lowest BCUT2D eigenvalue weighted by Crippen LogP contribution is -2.27. The van der Waals surface area contributed by atoms with Gasteiger partial charge < -0.3 is 9.84 Å². The monoisotopic (exact) mass is 311 g/mol. The number of nitriles is 1. The maximum atomic E-state index is 13.4. The summed E-state index contributed by atoms with van der Waals surface area (Å²) in [6.07, 6.45) is -0.647. The molecular weight excluding hydrogens is 296 g/mol. The van der Waals surface area contributed by atoms with E-state index in [2.05, 4.69) is 4.74 Å². The Balaban J connectivity index is 3.17. The van der Waals surface area contributed by atoms with Crippen LogP contribution in [0.5, 0.6) is 0 Å². The predicted octanol–water partition coefficient (Wildman–Crippen LogP) is 2.54. The molecule has 1 unspecified atom stereocenters. The number of benzene rings is 1. The van der Waals surface area contributed by atoms with Crippen LogP contribution in [-0.4, -0.2) is 24.2 Å². The number of carboxylic acids is 1. The lowest BCUT2D eigenvalue weighted by atomic mass is 9.74. The van der Waals surface area contributed by atoms with Crippen molar-refractivity contribution in [2.45, 2.75) is 31.1 Å². The van der Waals surface area contributed by atoms with Crippen molar-refractivity contribution in [3.05, 3.63) is 35.4 Å². The summed E-state index contributed by atoms with van der Waals surface area (Å²) in [4.78, 5) is 22.1. The highest BCUT2D eigenvalue weighted by molar-refractivity contribution is 5.70. The van der Waals surface area contributed by atoms with Crippen molar-refractivity contribution in [3.8, 4) is 6.07 Å². The number of carbonyl (C=O) groups excluding carboxylic acids is 1. The number of nitrogens with zero attached hydrogens (tertiary/aromatic N) is 1. The first-order valence-electron chi connectivity index (χ1n) is 6.50. The number of hydrogen-bond acceptors (Lipinski definition) is 4. The molecule has 0 aliphatic rings. The Morgan fingerprint density at radius 2 is 1.91 bits per heavy atom. The molecule has 1 aromatic rings. The molecule has 5 nitrogen and oxygen atoms in total. The Bertz CT molecular complexity index is 612. The van der Waals surface area contributed by atoms with Crippen molar-refractivity contribution in [1.82, 2.24) is 0 Å². The molecule has 118 valence electrons. The number of carboxylic acid groups (broad SMARTS) is 1. The fraction of sp³-hybridized carbons (Fsp3) is 0.400. The van der Waals surface area contributed by atoms with Crippen LogP contribution in [0.2, 0.25) is 0 Å². The number of methoxy groups -OCH3 is 1. The van der Waals surface area contributed by atoms with Crippen LogP contribution in [0.25, 0.3) is 0 Å². The zero-order valence-electron chi connectivity index (χ0n) is 11.9. The van der Waals surface area contributed by atoms with Gasteiger partial charge in [-0.3, -0.25) is 9.59 Å². The molecule has 0 aliphatic heterocycles. The summed E-state index contributed by atoms with van der Waals surface area (Å²) in [6, 6.07) is 4.91. The Kier molecular flexibility index (Phi) is 5.99. The van der Waals surface area contributed by atoms with Crippen molar-refractivity contribution in [2.24, 2.45) is 0 Å². The average Bonchev–Trinajstić information content (AvgIpc) is 2.50. The number of halogens is 2. The van der Waals surface area contributed by atoms with Crippen LogP contribution in [0.15, 0.2) is 18.2 Å². The summed E-state index contributed by atoms with van der Waals surface area (Å²) in [5.41, 5.74) is -1.26. The van der Waals surface area contributed by atoms with Crippen LogP contribution in [0.1, 0.15) is 31.2 Å². The van der Waals surface area contributed by atoms with Crippen LogP contribution in [0, 0.1) is 23.0 Å². The second-order valence-electron chi connectivity index (χ2n) is 4.79. The molecule has 0 spiro atoms. The Morgan fingerprint density at radius 1 is 1.27 bits per heavy atom. The third-order valence-electron chi connectivity index (χ3n) is 3.44. The number of hydrogen-bond donors (Lipinski definition) is 1. The van der Waals surface area contributed by atoms with E-state index in [0.29, 0.717) is 0 Å². The van der Waals surface area contributed by atoms with Crippen LogP contribution in [0.4, 0.5) is 8.78 Å². The summed E-state index contributed by atoms with van der Waals surface area (Å²) in [5.74, 6) is -3.90. The molecule has 1 N–H and O–H groups in total. The second kappa shape index (κ2) is 7.50. The summed E-state index contributed by atoms with van der Waals surface area (Å²) in [7, 11) is 1.19.